The monoisotopic (exact) mass is 176 g/mol. The fourth-order valence-corrected chi connectivity index (χ4v) is 1.20. The Kier molecular flexibility index (Phi) is 4.27. The molecule has 0 fully saturated rings. The van der Waals surface area contributed by atoms with Crippen LogP contribution in [0.1, 0.15) is 31.4 Å². The Labute approximate surface area is 79.7 Å². The van der Waals surface area contributed by atoms with Gasteiger partial charge in [0, 0.05) is 0 Å². The van der Waals surface area contributed by atoms with E-state index in [-0.39, 0.29) is 6.10 Å². The first-order valence-electron chi connectivity index (χ1n) is 4.72. The van der Waals surface area contributed by atoms with Crippen molar-refractivity contribution in [3.63, 3.8) is 0 Å². The summed E-state index contributed by atoms with van der Waals surface area (Å²) in [5, 5.41) is 9.70. The van der Waals surface area contributed by atoms with Crippen molar-refractivity contribution in [1.82, 2.24) is 0 Å². The fraction of sp³-hybridized carbons (Fsp3) is 0.333. The molecule has 1 atom stereocenters. The molecule has 70 valence electrons. The molecule has 1 N–H and O–H groups in total. The van der Waals surface area contributed by atoms with Gasteiger partial charge in [-0.25, -0.2) is 0 Å². The second-order valence-electron chi connectivity index (χ2n) is 3.04. The summed E-state index contributed by atoms with van der Waals surface area (Å²) in [5.74, 6) is 0. The van der Waals surface area contributed by atoms with Gasteiger partial charge in [0.1, 0.15) is 0 Å². The molecule has 0 saturated carbocycles. The summed E-state index contributed by atoms with van der Waals surface area (Å²) in [6.45, 7) is 2.09. The van der Waals surface area contributed by atoms with Crippen LogP contribution in [0.25, 0.3) is 0 Å². The van der Waals surface area contributed by atoms with Gasteiger partial charge in [-0.3, -0.25) is 0 Å². The highest BCUT2D eigenvalue weighted by Gasteiger charge is 2.02. The highest BCUT2D eigenvalue weighted by atomic mass is 16.3. The molecule has 1 heteroatoms. The molecule has 1 aromatic carbocycles. The summed E-state index contributed by atoms with van der Waals surface area (Å²) in [6.07, 6.45) is 5.48. The Morgan fingerprint density at radius 3 is 2.54 bits per heavy atom. The highest BCUT2D eigenvalue weighted by molar-refractivity contribution is 5.17. The molecule has 0 radical (unpaired) electrons. The lowest BCUT2D eigenvalue weighted by molar-refractivity contribution is 0.181. The Morgan fingerprint density at radius 2 is 1.92 bits per heavy atom. The van der Waals surface area contributed by atoms with Gasteiger partial charge in [-0.2, -0.15) is 0 Å². The minimum absolute atomic E-state index is 0.357. The van der Waals surface area contributed by atoms with Gasteiger partial charge in [0.25, 0.3) is 0 Å². The van der Waals surface area contributed by atoms with Crippen molar-refractivity contribution in [2.24, 2.45) is 0 Å². The molecule has 1 rings (SSSR count). The van der Waals surface area contributed by atoms with E-state index in [0.717, 1.165) is 12.0 Å². The number of aliphatic hydroxyl groups is 1. The third-order valence-corrected chi connectivity index (χ3v) is 1.95. The van der Waals surface area contributed by atoms with Crippen LogP contribution in [0.3, 0.4) is 0 Å². The average molecular weight is 176 g/mol. The Bertz CT molecular complexity index is 251. The van der Waals surface area contributed by atoms with Crippen molar-refractivity contribution in [3.8, 4) is 0 Å². The maximum Gasteiger partial charge on any atom is 0.0824 e. The van der Waals surface area contributed by atoms with Gasteiger partial charge in [0.05, 0.1) is 6.10 Å². The Balaban J connectivity index is 2.49. The molecule has 1 unspecified atom stereocenters. The molecule has 0 saturated heterocycles. The summed E-state index contributed by atoms with van der Waals surface area (Å²) < 4.78 is 0. The summed E-state index contributed by atoms with van der Waals surface area (Å²) >= 11 is 0. The molecule has 0 aliphatic heterocycles. The molecular weight excluding hydrogens is 160 g/mol. The minimum atomic E-state index is -0.357. The summed E-state index contributed by atoms with van der Waals surface area (Å²) in [7, 11) is 0. The molecule has 13 heavy (non-hydrogen) atoms. The largest absolute Gasteiger partial charge is 0.388 e. The SMILES string of the molecule is CC/C=C\CC(O)c1ccccc1. The number of allylic oxidation sites excluding steroid dienone is 1. The standard InChI is InChI=1S/C12H16O/c1-2-3-5-10-12(13)11-8-6-4-7-9-11/h3-9,12-13H,2,10H2,1H3/b5-3-. The van der Waals surface area contributed by atoms with Crippen molar-refractivity contribution < 1.29 is 5.11 Å². The number of hydrogen-bond donors (Lipinski definition) is 1. The minimum Gasteiger partial charge on any atom is -0.388 e. The molecule has 1 aromatic rings. The second-order valence-corrected chi connectivity index (χ2v) is 3.04. The van der Waals surface area contributed by atoms with E-state index < -0.39 is 0 Å². The summed E-state index contributed by atoms with van der Waals surface area (Å²) in [5.41, 5.74) is 0.989. The van der Waals surface area contributed by atoms with Gasteiger partial charge in [0.15, 0.2) is 0 Å². The van der Waals surface area contributed by atoms with Crippen molar-refractivity contribution >= 4 is 0 Å². The van der Waals surface area contributed by atoms with Crippen LogP contribution in [-0.4, -0.2) is 5.11 Å². The van der Waals surface area contributed by atoms with Crippen LogP contribution >= 0.6 is 0 Å². The van der Waals surface area contributed by atoms with Gasteiger partial charge in [0.2, 0.25) is 0 Å². The lowest BCUT2D eigenvalue weighted by Gasteiger charge is -2.07. The number of rotatable bonds is 4. The number of hydrogen-bond acceptors (Lipinski definition) is 1. The predicted octanol–water partition coefficient (Wildman–Crippen LogP) is 3.08. The molecule has 0 bridgehead atoms. The fourth-order valence-electron chi connectivity index (χ4n) is 1.20. The van der Waals surface area contributed by atoms with Gasteiger partial charge in [-0.05, 0) is 18.4 Å². The maximum absolute atomic E-state index is 9.70. The first-order chi connectivity index (χ1) is 6.34. The van der Waals surface area contributed by atoms with E-state index >= 15 is 0 Å². The molecule has 0 aromatic heterocycles. The van der Waals surface area contributed by atoms with Crippen molar-refractivity contribution in [2.75, 3.05) is 0 Å². The zero-order valence-corrected chi connectivity index (χ0v) is 7.98. The third kappa shape index (κ3) is 3.43. The zero-order valence-electron chi connectivity index (χ0n) is 7.98. The molecule has 0 heterocycles. The lowest BCUT2D eigenvalue weighted by Crippen LogP contribution is -1.94. The topological polar surface area (TPSA) is 20.2 Å². The first kappa shape index (κ1) is 10.0. The van der Waals surface area contributed by atoms with Crippen LogP contribution in [0, 0.1) is 0 Å². The van der Waals surface area contributed by atoms with Crippen LogP contribution in [-0.2, 0) is 0 Å². The normalized spacial score (nSPS) is 13.4. The van der Waals surface area contributed by atoms with E-state index in [1.807, 2.05) is 36.4 Å². The van der Waals surface area contributed by atoms with E-state index in [1.54, 1.807) is 0 Å². The molecular formula is C12H16O. The first-order valence-corrected chi connectivity index (χ1v) is 4.72. The molecule has 0 spiro atoms. The van der Waals surface area contributed by atoms with Crippen LogP contribution in [0.2, 0.25) is 0 Å². The molecule has 0 aliphatic carbocycles. The predicted molar refractivity (Wildman–Crippen MR) is 55.4 cm³/mol. The van der Waals surface area contributed by atoms with Crippen LogP contribution in [0.5, 0.6) is 0 Å². The van der Waals surface area contributed by atoms with Gasteiger partial charge in [-0.15, -0.1) is 0 Å². The van der Waals surface area contributed by atoms with E-state index in [2.05, 4.69) is 13.0 Å². The van der Waals surface area contributed by atoms with E-state index in [0.29, 0.717) is 6.42 Å². The number of benzene rings is 1. The van der Waals surface area contributed by atoms with Gasteiger partial charge >= 0.3 is 0 Å². The second kappa shape index (κ2) is 5.55. The quantitative estimate of drug-likeness (QED) is 0.699. The van der Waals surface area contributed by atoms with Gasteiger partial charge < -0.3 is 5.11 Å². The zero-order chi connectivity index (χ0) is 9.52. The highest BCUT2D eigenvalue weighted by Crippen LogP contribution is 2.15. The third-order valence-electron chi connectivity index (χ3n) is 1.95. The van der Waals surface area contributed by atoms with Crippen LogP contribution < -0.4 is 0 Å². The van der Waals surface area contributed by atoms with Crippen molar-refractivity contribution in [1.29, 1.82) is 0 Å². The molecule has 0 amide bonds. The summed E-state index contributed by atoms with van der Waals surface area (Å²) in [6, 6.07) is 9.75. The van der Waals surface area contributed by atoms with Crippen LogP contribution in [0.15, 0.2) is 42.5 Å². The van der Waals surface area contributed by atoms with Crippen molar-refractivity contribution in [2.45, 2.75) is 25.9 Å². The maximum atomic E-state index is 9.70. The van der Waals surface area contributed by atoms with E-state index in [4.69, 9.17) is 0 Å². The Morgan fingerprint density at radius 1 is 1.23 bits per heavy atom. The van der Waals surface area contributed by atoms with Gasteiger partial charge in [-0.1, -0.05) is 49.4 Å². The lowest BCUT2D eigenvalue weighted by atomic mass is 10.1. The summed E-state index contributed by atoms with van der Waals surface area (Å²) in [4.78, 5) is 0. The molecule has 0 aliphatic rings. The average Bonchev–Trinajstić information content (AvgIpc) is 2.19. The van der Waals surface area contributed by atoms with Crippen LogP contribution in [0.4, 0.5) is 0 Å². The van der Waals surface area contributed by atoms with E-state index in [1.165, 1.54) is 0 Å². The van der Waals surface area contributed by atoms with E-state index in [9.17, 15) is 5.11 Å². The molecule has 1 nitrogen and oxygen atoms in total. The van der Waals surface area contributed by atoms with Crippen molar-refractivity contribution in [3.05, 3.63) is 48.0 Å². The Hall–Kier alpha value is -1.08. The number of aliphatic hydroxyl groups excluding tert-OH is 1. The smallest absolute Gasteiger partial charge is 0.0824 e.